The van der Waals surface area contributed by atoms with E-state index in [1.54, 1.807) is 31.9 Å². The van der Waals surface area contributed by atoms with Gasteiger partial charge in [-0.15, -0.1) is 0 Å². The average Bonchev–Trinajstić information content (AvgIpc) is 2.86. The lowest BCUT2D eigenvalue weighted by atomic mass is 9.85. The summed E-state index contributed by atoms with van der Waals surface area (Å²) < 4.78 is 40.1. The Labute approximate surface area is 184 Å². The van der Waals surface area contributed by atoms with Crippen molar-refractivity contribution >= 4 is 28.3 Å². The fraction of sp³-hybridized carbons (Fsp3) is 0.375. The zero-order valence-electron chi connectivity index (χ0n) is 18.8. The van der Waals surface area contributed by atoms with Gasteiger partial charge in [-0.1, -0.05) is 12.1 Å². The number of halogens is 3. The molecular weight excluding hydrogens is 417 g/mol. The van der Waals surface area contributed by atoms with Gasteiger partial charge in [0.15, 0.2) is 0 Å². The number of fused-ring (bicyclic) bond motifs is 2. The Balaban J connectivity index is 1.81. The molecule has 8 heteroatoms. The standard InChI is InChI=1S/C24H25F3N4O/c1-12-15(8-7-9-17(12)24(25,26)27)13(2)28-21-16-10-18-20(11-19(16)29-14(3)30-21)31(6)22(32)23(18,4)5/h7-11,13H,1-6H3,(H,28,29,30)/t13-/m1/s1. The van der Waals surface area contributed by atoms with Gasteiger partial charge in [0, 0.05) is 18.1 Å². The van der Waals surface area contributed by atoms with E-state index >= 15 is 0 Å². The molecule has 1 aromatic heterocycles. The summed E-state index contributed by atoms with van der Waals surface area (Å²) in [6.07, 6.45) is -4.41. The summed E-state index contributed by atoms with van der Waals surface area (Å²) >= 11 is 0. The van der Waals surface area contributed by atoms with E-state index in [0.717, 1.165) is 22.7 Å². The van der Waals surface area contributed by atoms with Crippen LogP contribution >= 0.6 is 0 Å². The zero-order valence-corrected chi connectivity index (χ0v) is 18.8. The first-order valence-electron chi connectivity index (χ1n) is 10.4. The number of amides is 1. The molecule has 0 unspecified atom stereocenters. The van der Waals surface area contributed by atoms with Crippen molar-refractivity contribution in [3.63, 3.8) is 0 Å². The number of aryl methyl sites for hydroxylation is 1. The fourth-order valence-corrected chi connectivity index (χ4v) is 4.53. The third-order valence-electron chi connectivity index (χ3n) is 6.30. The van der Waals surface area contributed by atoms with Gasteiger partial charge in [-0.25, -0.2) is 9.97 Å². The quantitative estimate of drug-likeness (QED) is 0.566. The molecule has 5 nitrogen and oxygen atoms in total. The number of rotatable bonds is 3. The number of hydrogen-bond donors (Lipinski definition) is 1. The molecule has 0 spiro atoms. The summed E-state index contributed by atoms with van der Waals surface area (Å²) in [6.45, 7) is 8.80. The molecule has 0 fully saturated rings. The minimum Gasteiger partial charge on any atom is -0.363 e. The second-order valence-corrected chi connectivity index (χ2v) is 8.88. The summed E-state index contributed by atoms with van der Waals surface area (Å²) in [5, 5.41) is 4.01. The number of anilines is 2. The first kappa shape index (κ1) is 22.0. The molecule has 4 rings (SSSR count). The van der Waals surface area contributed by atoms with Gasteiger partial charge in [0.2, 0.25) is 5.91 Å². The van der Waals surface area contributed by atoms with E-state index < -0.39 is 23.2 Å². The molecule has 1 aliphatic heterocycles. The third kappa shape index (κ3) is 3.38. The molecule has 168 valence electrons. The molecule has 1 aliphatic rings. The van der Waals surface area contributed by atoms with Crippen LogP contribution in [0, 0.1) is 13.8 Å². The smallest absolute Gasteiger partial charge is 0.363 e. The second kappa shape index (κ2) is 7.18. The van der Waals surface area contributed by atoms with Crippen LogP contribution in [0.2, 0.25) is 0 Å². The highest BCUT2D eigenvalue weighted by Crippen LogP contribution is 2.44. The SMILES string of the molecule is Cc1nc(N[C@H](C)c2cccc(C(F)(F)F)c2C)c2cc3c(cc2n1)N(C)C(=O)C3(C)C. The predicted octanol–water partition coefficient (Wildman–Crippen LogP) is 5.69. The van der Waals surface area contributed by atoms with Gasteiger partial charge in [-0.2, -0.15) is 13.2 Å². The van der Waals surface area contributed by atoms with Gasteiger partial charge >= 0.3 is 6.18 Å². The van der Waals surface area contributed by atoms with Crippen molar-refractivity contribution in [2.45, 2.75) is 52.3 Å². The largest absolute Gasteiger partial charge is 0.416 e. The topological polar surface area (TPSA) is 58.1 Å². The summed E-state index contributed by atoms with van der Waals surface area (Å²) in [7, 11) is 1.74. The van der Waals surface area contributed by atoms with Gasteiger partial charge in [-0.3, -0.25) is 4.79 Å². The van der Waals surface area contributed by atoms with Crippen molar-refractivity contribution in [3.8, 4) is 0 Å². The van der Waals surface area contributed by atoms with Crippen LogP contribution in [0.15, 0.2) is 30.3 Å². The highest BCUT2D eigenvalue weighted by molar-refractivity contribution is 6.10. The maximum atomic E-state index is 13.4. The molecule has 0 bridgehead atoms. The number of aromatic nitrogens is 2. The van der Waals surface area contributed by atoms with Crippen LogP contribution < -0.4 is 10.2 Å². The summed E-state index contributed by atoms with van der Waals surface area (Å²) in [4.78, 5) is 23.4. The molecule has 0 saturated heterocycles. The Kier molecular flexibility index (Phi) is 4.95. The monoisotopic (exact) mass is 442 g/mol. The number of carbonyl (C=O) groups is 1. The van der Waals surface area contributed by atoms with E-state index in [-0.39, 0.29) is 11.5 Å². The Hall–Kier alpha value is -3.16. The first-order chi connectivity index (χ1) is 14.8. The Morgan fingerprint density at radius 2 is 1.81 bits per heavy atom. The van der Waals surface area contributed by atoms with Crippen molar-refractivity contribution in [1.29, 1.82) is 0 Å². The van der Waals surface area contributed by atoms with E-state index in [1.165, 1.54) is 13.0 Å². The van der Waals surface area contributed by atoms with Crippen LogP contribution in [-0.2, 0) is 16.4 Å². The number of likely N-dealkylation sites (N-methyl/N-ethyl adjacent to an activating group) is 1. The normalized spacial score (nSPS) is 16.4. The zero-order chi connectivity index (χ0) is 23.6. The lowest BCUT2D eigenvalue weighted by Crippen LogP contribution is -2.33. The average molecular weight is 442 g/mol. The van der Waals surface area contributed by atoms with Crippen molar-refractivity contribution < 1.29 is 18.0 Å². The number of carbonyl (C=O) groups excluding carboxylic acids is 1. The van der Waals surface area contributed by atoms with Gasteiger partial charge in [0.1, 0.15) is 11.6 Å². The lowest BCUT2D eigenvalue weighted by molar-refractivity contribution is -0.138. The minimum absolute atomic E-state index is 0.00467. The summed E-state index contributed by atoms with van der Waals surface area (Å²) in [5.74, 6) is 1.05. The van der Waals surface area contributed by atoms with E-state index in [0.29, 0.717) is 22.7 Å². The highest BCUT2D eigenvalue weighted by Gasteiger charge is 2.42. The lowest BCUT2D eigenvalue weighted by Gasteiger charge is -2.22. The minimum atomic E-state index is -4.41. The van der Waals surface area contributed by atoms with E-state index in [1.807, 2.05) is 26.0 Å². The predicted molar refractivity (Wildman–Crippen MR) is 119 cm³/mol. The maximum Gasteiger partial charge on any atom is 0.416 e. The number of alkyl halides is 3. The molecular formula is C24H25F3N4O. The molecule has 0 aliphatic carbocycles. The van der Waals surface area contributed by atoms with Gasteiger partial charge in [0.05, 0.1) is 22.5 Å². The fourth-order valence-electron chi connectivity index (χ4n) is 4.53. The van der Waals surface area contributed by atoms with Crippen molar-refractivity contribution in [3.05, 3.63) is 58.4 Å². The van der Waals surface area contributed by atoms with E-state index in [2.05, 4.69) is 15.3 Å². The van der Waals surface area contributed by atoms with Crippen LogP contribution in [-0.4, -0.2) is 22.9 Å². The van der Waals surface area contributed by atoms with Crippen molar-refractivity contribution in [2.24, 2.45) is 0 Å². The van der Waals surface area contributed by atoms with Crippen molar-refractivity contribution in [1.82, 2.24) is 9.97 Å². The van der Waals surface area contributed by atoms with Gasteiger partial charge < -0.3 is 10.2 Å². The maximum absolute atomic E-state index is 13.4. The van der Waals surface area contributed by atoms with Crippen LogP contribution in [0.5, 0.6) is 0 Å². The number of hydrogen-bond acceptors (Lipinski definition) is 4. The second-order valence-electron chi connectivity index (χ2n) is 8.88. The molecule has 3 aromatic rings. The van der Waals surface area contributed by atoms with Gasteiger partial charge in [-0.05, 0) is 69.5 Å². The van der Waals surface area contributed by atoms with Crippen LogP contribution in [0.3, 0.4) is 0 Å². The number of nitrogens with zero attached hydrogens (tertiary/aromatic N) is 3. The van der Waals surface area contributed by atoms with E-state index in [9.17, 15) is 18.0 Å². The Morgan fingerprint density at radius 1 is 1.12 bits per heavy atom. The third-order valence-corrected chi connectivity index (χ3v) is 6.30. The molecule has 1 amide bonds. The molecule has 0 radical (unpaired) electrons. The molecule has 32 heavy (non-hydrogen) atoms. The molecule has 2 heterocycles. The highest BCUT2D eigenvalue weighted by atomic mass is 19.4. The van der Waals surface area contributed by atoms with Crippen molar-refractivity contribution in [2.75, 3.05) is 17.3 Å². The molecule has 1 atom stereocenters. The first-order valence-corrected chi connectivity index (χ1v) is 10.4. The van der Waals surface area contributed by atoms with E-state index in [4.69, 9.17) is 0 Å². The van der Waals surface area contributed by atoms with Crippen LogP contribution in [0.4, 0.5) is 24.7 Å². The summed E-state index contributed by atoms with van der Waals surface area (Å²) in [5.41, 5.74) is 1.74. The molecule has 0 saturated carbocycles. The number of nitrogens with one attached hydrogen (secondary N) is 1. The molecule has 1 N–H and O–H groups in total. The van der Waals surface area contributed by atoms with Crippen LogP contribution in [0.25, 0.3) is 10.9 Å². The summed E-state index contributed by atoms with van der Waals surface area (Å²) in [6, 6.07) is 7.56. The Morgan fingerprint density at radius 3 is 2.47 bits per heavy atom. The van der Waals surface area contributed by atoms with Gasteiger partial charge in [0.25, 0.3) is 0 Å². The Bertz CT molecular complexity index is 1250. The molecule has 2 aromatic carbocycles. The number of benzene rings is 2. The van der Waals surface area contributed by atoms with Crippen LogP contribution in [0.1, 0.15) is 54.9 Å².